The number of carbonyl (C=O) groups excluding carboxylic acids is 1. The van der Waals surface area contributed by atoms with E-state index in [4.69, 9.17) is 4.74 Å². The predicted octanol–water partition coefficient (Wildman–Crippen LogP) is 3.58. The van der Waals surface area contributed by atoms with E-state index in [0.717, 1.165) is 12.0 Å². The summed E-state index contributed by atoms with van der Waals surface area (Å²) in [5, 5.41) is 7.02. The average molecular weight is 363 g/mol. The highest BCUT2D eigenvalue weighted by Gasteiger charge is 2.13. The molecule has 3 rings (SSSR count). The number of aromatic nitrogens is 2. The van der Waals surface area contributed by atoms with E-state index in [1.807, 2.05) is 32.0 Å². The number of ether oxygens (including phenoxy) is 1. The Morgan fingerprint density at radius 1 is 1.11 bits per heavy atom. The van der Waals surface area contributed by atoms with Gasteiger partial charge in [-0.3, -0.25) is 9.59 Å². The molecule has 1 N–H and O–H groups in total. The van der Waals surface area contributed by atoms with Gasteiger partial charge in [0.2, 0.25) is 0 Å². The molecule has 0 bridgehead atoms. The number of aryl methyl sites for hydroxylation is 1. The smallest absolute Gasteiger partial charge is 0.276 e. The van der Waals surface area contributed by atoms with E-state index in [0.29, 0.717) is 23.7 Å². The van der Waals surface area contributed by atoms with Crippen LogP contribution in [0.4, 0.5) is 5.69 Å². The van der Waals surface area contributed by atoms with Crippen LogP contribution in [0.1, 0.15) is 29.4 Å². The van der Waals surface area contributed by atoms with Crippen molar-refractivity contribution in [3.63, 3.8) is 0 Å². The van der Waals surface area contributed by atoms with Gasteiger partial charge in [-0.15, -0.1) is 0 Å². The maximum Gasteiger partial charge on any atom is 0.276 e. The maximum atomic E-state index is 12.7. The van der Waals surface area contributed by atoms with E-state index < -0.39 is 5.91 Å². The number of hydrogen-bond acceptors (Lipinski definition) is 4. The van der Waals surface area contributed by atoms with Crippen molar-refractivity contribution in [2.24, 2.45) is 0 Å². The maximum absolute atomic E-state index is 12.7. The Hall–Kier alpha value is -3.41. The Bertz CT molecular complexity index is 997. The van der Waals surface area contributed by atoms with Gasteiger partial charge in [0.1, 0.15) is 11.4 Å². The van der Waals surface area contributed by atoms with Crippen molar-refractivity contribution in [3.8, 4) is 11.4 Å². The second kappa shape index (κ2) is 8.31. The molecule has 3 aromatic rings. The van der Waals surface area contributed by atoms with Crippen molar-refractivity contribution in [2.45, 2.75) is 20.3 Å². The predicted molar refractivity (Wildman–Crippen MR) is 105 cm³/mol. The monoisotopic (exact) mass is 363 g/mol. The fourth-order valence-electron chi connectivity index (χ4n) is 2.54. The fourth-order valence-corrected chi connectivity index (χ4v) is 2.54. The number of benzene rings is 2. The zero-order valence-electron chi connectivity index (χ0n) is 15.3. The van der Waals surface area contributed by atoms with Crippen molar-refractivity contribution in [1.82, 2.24) is 9.78 Å². The third-order valence-electron chi connectivity index (χ3n) is 3.88. The van der Waals surface area contributed by atoms with Crippen molar-refractivity contribution in [2.75, 3.05) is 11.9 Å². The molecule has 0 fully saturated rings. The quantitative estimate of drug-likeness (QED) is 0.726. The third-order valence-corrected chi connectivity index (χ3v) is 3.88. The lowest BCUT2D eigenvalue weighted by molar-refractivity contribution is 0.102. The summed E-state index contributed by atoms with van der Waals surface area (Å²) >= 11 is 0. The van der Waals surface area contributed by atoms with Gasteiger partial charge in [-0.2, -0.15) is 9.78 Å². The summed E-state index contributed by atoms with van der Waals surface area (Å²) in [6.07, 6.45) is 0.866. The van der Waals surface area contributed by atoms with Crippen LogP contribution < -0.4 is 15.6 Å². The highest BCUT2D eigenvalue weighted by Crippen LogP contribution is 2.26. The standard InChI is InChI=1S/C21H21N3O3/c1-3-13-27-19-14-15(2)9-10-17(19)22-21(26)18-11-12-20(25)24(23-18)16-7-5-4-6-8-16/h4-12,14H,3,13H2,1-2H3,(H,22,26). The van der Waals surface area contributed by atoms with E-state index in [2.05, 4.69) is 10.4 Å². The summed E-state index contributed by atoms with van der Waals surface area (Å²) in [4.78, 5) is 24.8. The Balaban J connectivity index is 1.88. The first-order valence-corrected chi connectivity index (χ1v) is 8.79. The Labute approximate surface area is 157 Å². The summed E-state index contributed by atoms with van der Waals surface area (Å²) in [5.74, 6) is 0.200. The highest BCUT2D eigenvalue weighted by molar-refractivity contribution is 6.03. The molecule has 0 unspecified atom stereocenters. The molecular weight excluding hydrogens is 342 g/mol. The lowest BCUT2D eigenvalue weighted by Gasteiger charge is -2.13. The van der Waals surface area contributed by atoms with Crippen LogP contribution in [0.2, 0.25) is 0 Å². The van der Waals surface area contributed by atoms with E-state index in [1.165, 1.54) is 16.8 Å². The first-order valence-electron chi connectivity index (χ1n) is 8.79. The van der Waals surface area contributed by atoms with Gasteiger partial charge in [0, 0.05) is 6.07 Å². The zero-order chi connectivity index (χ0) is 19.2. The Morgan fingerprint density at radius 3 is 2.63 bits per heavy atom. The van der Waals surface area contributed by atoms with Crippen LogP contribution in [-0.2, 0) is 0 Å². The zero-order valence-corrected chi connectivity index (χ0v) is 15.3. The highest BCUT2D eigenvalue weighted by atomic mass is 16.5. The summed E-state index contributed by atoms with van der Waals surface area (Å²) in [6.45, 7) is 4.54. The summed E-state index contributed by atoms with van der Waals surface area (Å²) in [7, 11) is 0. The molecule has 0 aliphatic heterocycles. The van der Waals surface area contributed by atoms with Crippen LogP contribution >= 0.6 is 0 Å². The average Bonchev–Trinajstić information content (AvgIpc) is 2.69. The van der Waals surface area contributed by atoms with Crippen LogP contribution in [0.3, 0.4) is 0 Å². The van der Waals surface area contributed by atoms with Crippen molar-refractivity contribution in [3.05, 3.63) is 82.3 Å². The summed E-state index contributed by atoms with van der Waals surface area (Å²) in [6, 6.07) is 17.3. The molecule has 0 spiro atoms. The minimum absolute atomic E-state index is 0.139. The van der Waals surface area contributed by atoms with E-state index in [-0.39, 0.29) is 11.3 Å². The minimum atomic E-state index is -0.412. The van der Waals surface area contributed by atoms with Crippen molar-refractivity contribution < 1.29 is 9.53 Å². The van der Waals surface area contributed by atoms with E-state index >= 15 is 0 Å². The topological polar surface area (TPSA) is 73.2 Å². The molecule has 1 heterocycles. The molecular formula is C21H21N3O3. The second-order valence-electron chi connectivity index (χ2n) is 6.11. The first kappa shape index (κ1) is 18.4. The van der Waals surface area contributed by atoms with Crippen LogP contribution in [0.25, 0.3) is 5.69 Å². The number of amides is 1. The number of para-hydroxylation sites is 1. The van der Waals surface area contributed by atoms with Gasteiger partial charge >= 0.3 is 0 Å². The molecule has 6 nitrogen and oxygen atoms in total. The molecule has 0 radical (unpaired) electrons. The van der Waals surface area contributed by atoms with Gasteiger partial charge < -0.3 is 10.1 Å². The van der Waals surface area contributed by atoms with Gasteiger partial charge in [0.25, 0.3) is 11.5 Å². The van der Waals surface area contributed by atoms with Crippen molar-refractivity contribution in [1.29, 1.82) is 0 Å². The number of rotatable bonds is 6. The Morgan fingerprint density at radius 2 is 1.89 bits per heavy atom. The molecule has 6 heteroatoms. The molecule has 0 atom stereocenters. The lowest BCUT2D eigenvalue weighted by atomic mass is 10.2. The van der Waals surface area contributed by atoms with Crippen LogP contribution in [0.15, 0.2) is 65.5 Å². The van der Waals surface area contributed by atoms with Gasteiger partial charge in [0.15, 0.2) is 0 Å². The summed E-state index contributed by atoms with van der Waals surface area (Å²) < 4.78 is 6.93. The number of anilines is 1. The minimum Gasteiger partial charge on any atom is -0.491 e. The SMILES string of the molecule is CCCOc1cc(C)ccc1NC(=O)c1ccc(=O)n(-c2ccccc2)n1. The van der Waals surface area contributed by atoms with E-state index in [9.17, 15) is 9.59 Å². The number of hydrogen-bond donors (Lipinski definition) is 1. The molecule has 138 valence electrons. The van der Waals surface area contributed by atoms with Gasteiger partial charge in [-0.25, -0.2) is 0 Å². The largest absolute Gasteiger partial charge is 0.491 e. The van der Waals surface area contributed by atoms with E-state index in [1.54, 1.807) is 30.3 Å². The van der Waals surface area contributed by atoms with Crippen LogP contribution in [0, 0.1) is 6.92 Å². The lowest BCUT2D eigenvalue weighted by Crippen LogP contribution is -2.25. The molecule has 0 saturated carbocycles. The molecule has 0 saturated heterocycles. The van der Waals surface area contributed by atoms with Crippen molar-refractivity contribution >= 4 is 11.6 Å². The molecule has 1 aromatic heterocycles. The van der Waals surface area contributed by atoms with Gasteiger partial charge in [0.05, 0.1) is 18.0 Å². The molecule has 1 amide bonds. The molecule has 0 aliphatic rings. The third kappa shape index (κ3) is 4.41. The van der Waals surface area contributed by atoms with Crippen LogP contribution in [-0.4, -0.2) is 22.3 Å². The van der Waals surface area contributed by atoms with Crippen LogP contribution in [0.5, 0.6) is 5.75 Å². The second-order valence-corrected chi connectivity index (χ2v) is 6.11. The first-order chi connectivity index (χ1) is 13.1. The summed E-state index contributed by atoms with van der Waals surface area (Å²) in [5.41, 5.74) is 2.04. The number of carbonyl (C=O) groups is 1. The normalized spacial score (nSPS) is 10.4. The number of nitrogens with zero attached hydrogens (tertiary/aromatic N) is 2. The van der Waals surface area contributed by atoms with Gasteiger partial charge in [-0.1, -0.05) is 31.2 Å². The Kier molecular flexibility index (Phi) is 5.66. The number of nitrogens with one attached hydrogen (secondary N) is 1. The molecule has 2 aromatic carbocycles. The molecule has 0 aliphatic carbocycles. The van der Waals surface area contributed by atoms with Gasteiger partial charge in [-0.05, 0) is 49.2 Å². The molecule has 27 heavy (non-hydrogen) atoms. The fraction of sp³-hybridized carbons (Fsp3) is 0.190.